The van der Waals surface area contributed by atoms with Gasteiger partial charge < -0.3 is 15.4 Å². The second kappa shape index (κ2) is 11.1. The van der Waals surface area contributed by atoms with E-state index in [0.29, 0.717) is 36.2 Å². The van der Waals surface area contributed by atoms with Crippen LogP contribution in [0.2, 0.25) is 0 Å². The average molecular weight is 550 g/mol. The van der Waals surface area contributed by atoms with Crippen molar-refractivity contribution in [2.45, 2.75) is 102 Å². The number of carbonyl (C=O) groups excluding carboxylic acids is 1. The minimum atomic E-state index is -0.230. The lowest BCUT2D eigenvalue weighted by atomic mass is 9.73. The number of piperidine rings is 1. The number of ether oxygens (including phenoxy) is 1. The second-order valence-electron chi connectivity index (χ2n) is 12.0. The average Bonchev–Trinajstić information content (AvgIpc) is 3.45. The van der Waals surface area contributed by atoms with Crippen LogP contribution in [0.5, 0.6) is 0 Å². The molecule has 0 unspecified atom stereocenters. The van der Waals surface area contributed by atoms with Crippen LogP contribution in [0.3, 0.4) is 0 Å². The maximum Gasteiger partial charge on any atom is 0.220 e. The molecule has 9 nitrogen and oxygen atoms in total. The Bertz CT molecular complexity index is 1320. The van der Waals surface area contributed by atoms with Gasteiger partial charge in [0.05, 0.1) is 24.8 Å². The molecule has 1 saturated heterocycles. The van der Waals surface area contributed by atoms with E-state index in [1.807, 2.05) is 5.38 Å². The monoisotopic (exact) mass is 549 g/mol. The molecule has 0 radical (unpaired) electrons. The van der Waals surface area contributed by atoms with Crippen LogP contribution in [0, 0.1) is 0 Å². The van der Waals surface area contributed by atoms with Crippen molar-refractivity contribution in [1.29, 1.82) is 0 Å². The molecule has 2 fully saturated rings. The van der Waals surface area contributed by atoms with Gasteiger partial charge in [-0.15, -0.1) is 11.3 Å². The minimum Gasteiger partial charge on any atom is -0.372 e. The number of Topliss-reactive ketones (excluding diaryl/α,β-unsaturated/α-hetero) is 1. The smallest absolute Gasteiger partial charge is 0.220 e. The van der Waals surface area contributed by atoms with E-state index in [-0.39, 0.29) is 23.6 Å². The third-order valence-electron chi connectivity index (χ3n) is 8.72. The number of likely N-dealkylation sites (tertiary alicyclic amines) is 1. The number of nitrogens with two attached hydrogens (primary N) is 1. The molecular weight excluding hydrogens is 510 g/mol. The molecule has 3 aromatic rings. The number of fused-ring (bicyclic) bond motifs is 3. The Labute approximate surface area is 234 Å². The number of ketones is 1. The molecule has 0 aromatic carbocycles. The summed E-state index contributed by atoms with van der Waals surface area (Å²) in [7, 11) is 0. The highest BCUT2D eigenvalue weighted by molar-refractivity contribution is 7.09. The summed E-state index contributed by atoms with van der Waals surface area (Å²) in [5.41, 5.74) is 10.4. The summed E-state index contributed by atoms with van der Waals surface area (Å²) >= 11 is 1.52. The van der Waals surface area contributed by atoms with Crippen LogP contribution < -0.4 is 5.73 Å². The first-order valence-corrected chi connectivity index (χ1v) is 15.3. The Morgan fingerprint density at radius 2 is 1.90 bits per heavy atom. The highest BCUT2D eigenvalue weighted by Gasteiger charge is 2.37. The maximum absolute atomic E-state index is 13.3. The van der Waals surface area contributed by atoms with Crippen LogP contribution in [0.1, 0.15) is 97.5 Å². The van der Waals surface area contributed by atoms with E-state index in [2.05, 4.69) is 38.9 Å². The summed E-state index contributed by atoms with van der Waals surface area (Å²) in [6.45, 7) is 7.04. The van der Waals surface area contributed by atoms with Gasteiger partial charge in [0, 0.05) is 41.8 Å². The molecule has 3 aromatic heterocycles. The Morgan fingerprint density at radius 3 is 2.67 bits per heavy atom. The van der Waals surface area contributed by atoms with E-state index in [1.165, 1.54) is 49.9 Å². The van der Waals surface area contributed by atoms with E-state index in [0.717, 1.165) is 53.8 Å². The molecule has 3 aliphatic rings. The zero-order valence-corrected chi connectivity index (χ0v) is 23.9. The predicted octanol–water partition coefficient (Wildman–Crippen LogP) is 4.87. The highest BCUT2D eigenvalue weighted by atomic mass is 32.1. The number of aromatic amines is 1. The zero-order valence-electron chi connectivity index (χ0n) is 23.0. The first kappa shape index (κ1) is 26.5. The Kier molecular flexibility index (Phi) is 7.52. The summed E-state index contributed by atoms with van der Waals surface area (Å²) in [6.07, 6.45) is 13.5. The van der Waals surface area contributed by atoms with Gasteiger partial charge in [0.2, 0.25) is 5.95 Å². The number of aromatic nitrogens is 5. The summed E-state index contributed by atoms with van der Waals surface area (Å²) in [4.78, 5) is 29.4. The number of anilines is 1. The molecule has 39 heavy (non-hydrogen) atoms. The van der Waals surface area contributed by atoms with Crippen molar-refractivity contribution in [2.24, 2.45) is 0 Å². The Balaban J connectivity index is 1.04. The molecule has 6 rings (SSSR count). The molecule has 10 heteroatoms. The van der Waals surface area contributed by atoms with Gasteiger partial charge in [0.1, 0.15) is 22.1 Å². The number of nitrogens with one attached hydrogen (secondary N) is 1. The number of nitrogen functional groups attached to an aromatic ring is 1. The normalized spacial score (nSPS) is 20.4. The first-order valence-electron chi connectivity index (χ1n) is 14.4. The Morgan fingerprint density at radius 1 is 1.13 bits per heavy atom. The molecule has 0 spiro atoms. The molecule has 208 valence electrons. The standard InChI is InChI=1S/C29H39N7O2S/c1-29(2)14-21-25(34-35-26(21)27-22(29)15-31-28(30)33-27)23(37)13-24-32-18(17-39-24)16-38-20-9-11-36(12-10-20)19-7-5-3-4-6-8-19/h15,17,19-20H,3-14,16H2,1-2H3,(H,34,35)(H2,30,31,33). The van der Waals surface area contributed by atoms with Crippen molar-refractivity contribution in [3.05, 3.63) is 39.1 Å². The summed E-state index contributed by atoms with van der Waals surface area (Å²) in [6, 6.07) is 0.778. The van der Waals surface area contributed by atoms with Crippen molar-refractivity contribution in [1.82, 2.24) is 30.0 Å². The SMILES string of the molecule is CC1(C)Cc2c(n[nH]c2C(=O)Cc2nc(COC3CCN(C4CCCCCC4)CC3)cs2)-c2nc(N)ncc21. The van der Waals surface area contributed by atoms with Gasteiger partial charge >= 0.3 is 0 Å². The minimum absolute atomic E-state index is 0.0160. The van der Waals surface area contributed by atoms with E-state index < -0.39 is 0 Å². The van der Waals surface area contributed by atoms with Crippen LogP contribution in [-0.2, 0) is 29.6 Å². The lowest BCUT2D eigenvalue weighted by Gasteiger charge is -2.37. The van der Waals surface area contributed by atoms with Crippen molar-refractivity contribution < 1.29 is 9.53 Å². The quantitative estimate of drug-likeness (QED) is 0.316. The van der Waals surface area contributed by atoms with Crippen molar-refractivity contribution in [3.8, 4) is 11.4 Å². The number of hydrogen-bond donors (Lipinski definition) is 2. The third kappa shape index (κ3) is 5.64. The second-order valence-corrected chi connectivity index (χ2v) is 12.9. The maximum atomic E-state index is 13.3. The van der Waals surface area contributed by atoms with E-state index in [4.69, 9.17) is 15.5 Å². The number of hydrogen-bond acceptors (Lipinski definition) is 9. The lowest BCUT2D eigenvalue weighted by molar-refractivity contribution is -0.0134. The molecule has 1 aliphatic heterocycles. The fourth-order valence-electron chi connectivity index (χ4n) is 6.53. The molecule has 0 bridgehead atoms. The number of nitrogens with zero attached hydrogens (tertiary/aromatic N) is 5. The lowest BCUT2D eigenvalue weighted by Crippen LogP contribution is -2.43. The molecular formula is C29H39N7O2S. The number of H-pyrrole nitrogens is 1. The van der Waals surface area contributed by atoms with Crippen molar-refractivity contribution in [3.63, 3.8) is 0 Å². The number of thiazole rings is 1. The van der Waals surface area contributed by atoms with Gasteiger partial charge in [-0.3, -0.25) is 9.89 Å². The molecule has 4 heterocycles. The number of rotatable bonds is 7. The van der Waals surface area contributed by atoms with Crippen LogP contribution in [0.15, 0.2) is 11.6 Å². The molecule has 1 saturated carbocycles. The van der Waals surface area contributed by atoms with Gasteiger partial charge in [-0.1, -0.05) is 39.5 Å². The van der Waals surface area contributed by atoms with Crippen LogP contribution in [0.25, 0.3) is 11.4 Å². The molecule has 3 N–H and O–H groups in total. The van der Waals surface area contributed by atoms with Crippen molar-refractivity contribution >= 4 is 23.1 Å². The topological polar surface area (TPSA) is 123 Å². The van der Waals surface area contributed by atoms with Crippen molar-refractivity contribution in [2.75, 3.05) is 18.8 Å². The predicted molar refractivity (Wildman–Crippen MR) is 152 cm³/mol. The van der Waals surface area contributed by atoms with E-state index in [9.17, 15) is 4.79 Å². The highest BCUT2D eigenvalue weighted by Crippen LogP contribution is 2.42. The largest absolute Gasteiger partial charge is 0.372 e. The van der Waals surface area contributed by atoms with Gasteiger partial charge in [-0.2, -0.15) is 5.10 Å². The fraction of sp³-hybridized carbons (Fsp3) is 0.621. The van der Waals surface area contributed by atoms with Crippen LogP contribution in [-0.4, -0.2) is 61.1 Å². The van der Waals surface area contributed by atoms with Gasteiger partial charge in [-0.25, -0.2) is 15.0 Å². The van der Waals surface area contributed by atoms with Gasteiger partial charge in [-0.05, 0) is 37.5 Å². The van der Waals surface area contributed by atoms with Gasteiger partial charge in [0.15, 0.2) is 5.78 Å². The summed E-state index contributed by atoms with van der Waals surface area (Å²) < 4.78 is 6.25. The molecule has 2 aliphatic carbocycles. The van der Waals surface area contributed by atoms with Gasteiger partial charge in [0.25, 0.3) is 0 Å². The van der Waals surface area contributed by atoms with E-state index >= 15 is 0 Å². The van der Waals surface area contributed by atoms with Crippen LogP contribution in [0.4, 0.5) is 5.95 Å². The van der Waals surface area contributed by atoms with Crippen LogP contribution >= 0.6 is 11.3 Å². The third-order valence-corrected chi connectivity index (χ3v) is 9.62. The summed E-state index contributed by atoms with van der Waals surface area (Å²) in [5.74, 6) is 0.189. The Hall–Kier alpha value is -2.69. The fourth-order valence-corrected chi connectivity index (χ4v) is 7.31. The zero-order chi connectivity index (χ0) is 27.0. The first-order chi connectivity index (χ1) is 18.9. The number of carbonyl (C=O) groups is 1. The molecule has 0 atom stereocenters. The summed E-state index contributed by atoms with van der Waals surface area (Å²) in [5, 5.41) is 10.3. The van der Waals surface area contributed by atoms with E-state index in [1.54, 1.807) is 6.20 Å². The molecule has 0 amide bonds.